The van der Waals surface area contributed by atoms with E-state index >= 15 is 0 Å². The summed E-state index contributed by atoms with van der Waals surface area (Å²) in [6, 6.07) is 0. The lowest BCUT2D eigenvalue weighted by Gasteiger charge is -2.23. The second kappa shape index (κ2) is 6.01. The Labute approximate surface area is 75.4 Å². The van der Waals surface area contributed by atoms with E-state index in [2.05, 4.69) is 4.74 Å². The summed E-state index contributed by atoms with van der Waals surface area (Å²) in [5, 5.41) is 36.0. The lowest BCUT2D eigenvalue weighted by atomic mass is 10.0. The molecule has 0 aliphatic rings. The number of aldehydes is 1. The van der Waals surface area contributed by atoms with Crippen molar-refractivity contribution in [3.63, 3.8) is 0 Å². The van der Waals surface area contributed by atoms with Gasteiger partial charge in [0.25, 0.3) is 0 Å². The lowest BCUT2D eigenvalue weighted by Crippen LogP contribution is -2.46. The number of methoxy groups -OCH3 is 1. The maximum absolute atomic E-state index is 10.00. The monoisotopic (exact) mass is 194 g/mol. The third-order valence-electron chi connectivity index (χ3n) is 1.57. The van der Waals surface area contributed by atoms with E-state index in [0.29, 0.717) is 0 Å². The van der Waals surface area contributed by atoms with Crippen LogP contribution in [0.1, 0.15) is 0 Å². The van der Waals surface area contributed by atoms with Crippen molar-refractivity contribution in [3.8, 4) is 0 Å². The molecule has 13 heavy (non-hydrogen) atoms. The fraction of sp³-hybridized carbons (Fsp3) is 0.857. The van der Waals surface area contributed by atoms with Gasteiger partial charge in [0.15, 0.2) is 6.29 Å². The van der Waals surface area contributed by atoms with E-state index in [4.69, 9.17) is 20.4 Å². The summed E-state index contributed by atoms with van der Waals surface area (Å²) in [5.74, 6) is 0. The molecule has 4 N–H and O–H groups in total. The molecule has 0 aliphatic heterocycles. The van der Waals surface area contributed by atoms with Crippen molar-refractivity contribution in [3.05, 3.63) is 0 Å². The molecule has 6 nitrogen and oxygen atoms in total. The fourth-order valence-corrected chi connectivity index (χ4v) is 0.779. The second-order valence-corrected chi connectivity index (χ2v) is 2.63. The Morgan fingerprint density at radius 2 is 1.77 bits per heavy atom. The smallest absolute Gasteiger partial charge is 0.151 e. The molecule has 0 aromatic heterocycles. The molecule has 0 spiro atoms. The average Bonchev–Trinajstić information content (AvgIpc) is 2.14. The maximum atomic E-state index is 10.00. The van der Waals surface area contributed by atoms with Gasteiger partial charge in [-0.3, -0.25) is 0 Å². The molecule has 4 atom stereocenters. The maximum Gasteiger partial charge on any atom is 0.151 e. The number of aliphatic hydroxyl groups excluding tert-OH is 4. The van der Waals surface area contributed by atoms with Crippen molar-refractivity contribution in [2.45, 2.75) is 24.4 Å². The number of carbonyl (C=O) groups excluding carboxylic acids is 1. The highest BCUT2D eigenvalue weighted by Crippen LogP contribution is 2.03. The SMILES string of the molecule is COCC(O)C(O)C(O)C(O)C=O. The largest absolute Gasteiger partial charge is 0.388 e. The van der Waals surface area contributed by atoms with Gasteiger partial charge in [-0.15, -0.1) is 0 Å². The predicted octanol–water partition coefficient (Wildman–Crippen LogP) is -2.72. The van der Waals surface area contributed by atoms with Gasteiger partial charge in [-0.05, 0) is 0 Å². The highest BCUT2D eigenvalue weighted by atomic mass is 16.5. The van der Waals surface area contributed by atoms with Crippen molar-refractivity contribution in [1.82, 2.24) is 0 Å². The van der Waals surface area contributed by atoms with Crippen molar-refractivity contribution in [2.75, 3.05) is 13.7 Å². The van der Waals surface area contributed by atoms with Crippen LogP contribution in [0.15, 0.2) is 0 Å². The summed E-state index contributed by atoms with van der Waals surface area (Å²) in [6.07, 6.45) is -6.29. The van der Waals surface area contributed by atoms with Gasteiger partial charge in [0.05, 0.1) is 6.61 Å². The molecule has 0 aromatic rings. The van der Waals surface area contributed by atoms with Crippen molar-refractivity contribution in [1.29, 1.82) is 0 Å². The normalized spacial score (nSPS) is 20.4. The molecule has 0 heterocycles. The zero-order chi connectivity index (χ0) is 10.4. The topological polar surface area (TPSA) is 107 Å². The summed E-state index contributed by atoms with van der Waals surface area (Å²) >= 11 is 0. The van der Waals surface area contributed by atoms with Gasteiger partial charge in [0.1, 0.15) is 24.4 Å². The minimum absolute atomic E-state index is 0.0768. The van der Waals surface area contributed by atoms with Crippen LogP contribution in [-0.4, -0.2) is 64.8 Å². The first-order chi connectivity index (χ1) is 6.04. The summed E-state index contributed by atoms with van der Waals surface area (Å²) in [4.78, 5) is 10.00. The van der Waals surface area contributed by atoms with E-state index in [1.54, 1.807) is 0 Å². The Balaban J connectivity index is 4.06. The molecule has 6 heteroatoms. The van der Waals surface area contributed by atoms with Crippen LogP contribution in [0.25, 0.3) is 0 Å². The van der Waals surface area contributed by atoms with E-state index in [-0.39, 0.29) is 12.9 Å². The summed E-state index contributed by atoms with van der Waals surface area (Å²) < 4.78 is 4.50. The molecule has 0 aromatic carbocycles. The van der Waals surface area contributed by atoms with Gasteiger partial charge in [-0.1, -0.05) is 0 Å². The number of hydrogen-bond acceptors (Lipinski definition) is 6. The molecule has 0 radical (unpaired) electrons. The first-order valence-electron chi connectivity index (χ1n) is 3.71. The van der Waals surface area contributed by atoms with Crippen LogP contribution in [0.2, 0.25) is 0 Å². The number of rotatable bonds is 6. The molecule has 0 saturated carbocycles. The van der Waals surface area contributed by atoms with E-state index in [1.165, 1.54) is 7.11 Å². The molecular weight excluding hydrogens is 180 g/mol. The van der Waals surface area contributed by atoms with Gasteiger partial charge in [0.2, 0.25) is 0 Å². The van der Waals surface area contributed by atoms with E-state index in [9.17, 15) is 4.79 Å². The second-order valence-electron chi connectivity index (χ2n) is 2.63. The minimum Gasteiger partial charge on any atom is -0.388 e. The Bertz CT molecular complexity index is 150. The van der Waals surface area contributed by atoms with Crippen LogP contribution >= 0.6 is 0 Å². The first-order valence-corrected chi connectivity index (χ1v) is 3.71. The summed E-state index contributed by atoms with van der Waals surface area (Å²) in [6.45, 7) is -0.191. The average molecular weight is 194 g/mol. The van der Waals surface area contributed by atoms with Gasteiger partial charge in [-0.2, -0.15) is 0 Å². The van der Waals surface area contributed by atoms with Crippen LogP contribution in [0, 0.1) is 0 Å². The predicted molar refractivity (Wildman–Crippen MR) is 42.0 cm³/mol. The highest BCUT2D eigenvalue weighted by molar-refractivity contribution is 5.56. The highest BCUT2D eigenvalue weighted by Gasteiger charge is 2.29. The summed E-state index contributed by atoms with van der Waals surface area (Å²) in [7, 11) is 1.30. The Kier molecular flexibility index (Phi) is 5.76. The van der Waals surface area contributed by atoms with Crippen LogP contribution in [-0.2, 0) is 9.53 Å². The van der Waals surface area contributed by atoms with Gasteiger partial charge >= 0.3 is 0 Å². The van der Waals surface area contributed by atoms with Crippen LogP contribution in [0.3, 0.4) is 0 Å². The number of aliphatic hydroxyl groups is 4. The Morgan fingerprint density at radius 1 is 1.23 bits per heavy atom. The molecule has 78 valence electrons. The van der Waals surface area contributed by atoms with Crippen molar-refractivity contribution >= 4 is 6.29 Å². The minimum atomic E-state index is -1.71. The molecule has 0 fully saturated rings. The van der Waals surface area contributed by atoms with Crippen LogP contribution in [0.5, 0.6) is 0 Å². The zero-order valence-electron chi connectivity index (χ0n) is 7.20. The van der Waals surface area contributed by atoms with E-state index < -0.39 is 24.4 Å². The number of carbonyl (C=O) groups is 1. The molecule has 0 bridgehead atoms. The number of hydrogen-bond donors (Lipinski definition) is 4. The van der Waals surface area contributed by atoms with Gasteiger partial charge < -0.3 is 30.0 Å². The van der Waals surface area contributed by atoms with Crippen molar-refractivity contribution < 1.29 is 30.0 Å². The molecule has 0 saturated heterocycles. The molecule has 0 rings (SSSR count). The Morgan fingerprint density at radius 3 is 2.15 bits per heavy atom. The van der Waals surface area contributed by atoms with Crippen LogP contribution < -0.4 is 0 Å². The van der Waals surface area contributed by atoms with E-state index in [0.717, 1.165) is 0 Å². The summed E-state index contributed by atoms with van der Waals surface area (Å²) in [5.41, 5.74) is 0. The first kappa shape index (κ1) is 12.5. The standard InChI is InChI=1S/C7H14O6/c1-13-3-5(10)7(12)6(11)4(9)2-8/h2,4-7,9-12H,3H2,1H3. The fourth-order valence-electron chi connectivity index (χ4n) is 0.779. The molecule has 0 amide bonds. The lowest BCUT2D eigenvalue weighted by molar-refractivity contribution is -0.137. The number of ether oxygens (including phenoxy) is 1. The molecule has 0 aliphatic carbocycles. The third-order valence-corrected chi connectivity index (χ3v) is 1.57. The molecular formula is C7H14O6. The van der Waals surface area contributed by atoms with Crippen LogP contribution in [0.4, 0.5) is 0 Å². The zero-order valence-corrected chi connectivity index (χ0v) is 7.20. The Hall–Kier alpha value is -0.530. The van der Waals surface area contributed by atoms with E-state index in [1.807, 2.05) is 0 Å². The molecule has 4 unspecified atom stereocenters. The van der Waals surface area contributed by atoms with Gasteiger partial charge in [0, 0.05) is 7.11 Å². The quantitative estimate of drug-likeness (QED) is 0.342. The third kappa shape index (κ3) is 3.79. The van der Waals surface area contributed by atoms with Crippen molar-refractivity contribution in [2.24, 2.45) is 0 Å². The van der Waals surface area contributed by atoms with Gasteiger partial charge in [-0.25, -0.2) is 0 Å².